The van der Waals surface area contributed by atoms with Gasteiger partial charge >= 0.3 is 0 Å². The van der Waals surface area contributed by atoms with E-state index >= 15 is 0 Å². The Morgan fingerprint density at radius 2 is 1.94 bits per heavy atom. The lowest BCUT2D eigenvalue weighted by atomic mass is 10.0. The van der Waals surface area contributed by atoms with E-state index in [1.165, 1.54) is 5.56 Å². The fraction of sp³-hybridized carbons (Fsp3) is 0.333. The van der Waals surface area contributed by atoms with Gasteiger partial charge in [0.15, 0.2) is 0 Å². The first-order valence-electron chi connectivity index (χ1n) is 6.14. The Kier molecular flexibility index (Phi) is 3.47. The molecule has 1 heterocycles. The predicted molar refractivity (Wildman–Crippen MR) is 72.2 cm³/mol. The van der Waals surface area contributed by atoms with Crippen LogP contribution in [0.1, 0.15) is 36.7 Å². The number of benzene rings is 1. The molecule has 0 spiro atoms. The highest BCUT2D eigenvalue weighted by Crippen LogP contribution is 2.21. The number of H-pyrrole nitrogens is 1. The molecule has 2 rings (SSSR count). The third-order valence-corrected chi connectivity index (χ3v) is 3.08. The van der Waals surface area contributed by atoms with Crippen LogP contribution in [0.4, 0.5) is 0 Å². The van der Waals surface area contributed by atoms with E-state index in [1.54, 1.807) is 0 Å². The van der Waals surface area contributed by atoms with Crippen LogP contribution in [0.3, 0.4) is 0 Å². The van der Waals surface area contributed by atoms with Gasteiger partial charge in [-0.3, -0.25) is 0 Å². The molecule has 0 aliphatic rings. The quantitative estimate of drug-likeness (QED) is 0.890. The van der Waals surface area contributed by atoms with Crippen molar-refractivity contribution in [1.29, 1.82) is 5.26 Å². The van der Waals surface area contributed by atoms with Crippen molar-refractivity contribution in [1.82, 2.24) is 9.97 Å². The van der Waals surface area contributed by atoms with Crippen molar-refractivity contribution in [2.75, 3.05) is 0 Å². The molecule has 0 fully saturated rings. The third kappa shape index (κ3) is 2.43. The zero-order valence-corrected chi connectivity index (χ0v) is 11.0. The Morgan fingerprint density at radius 3 is 2.50 bits per heavy atom. The standard InChI is InChI=1S/C15H17N3/c1-10(2)12-4-6-13(7-5-12)15-17-11(3)14(18-15)8-9-16/h4-7,10H,8H2,1-3H3,(H,17,18). The maximum absolute atomic E-state index is 8.72. The lowest BCUT2D eigenvalue weighted by Crippen LogP contribution is -1.88. The molecule has 92 valence electrons. The number of nitrogens with zero attached hydrogens (tertiary/aromatic N) is 2. The number of nitrogens with one attached hydrogen (secondary N) is 1. The van der Waals surface area contributed by atoms with Gasteiger partial charge in [0, 0.05) is 11.3 Å². The molecule has 0 saturated carbocycles. The van der Waals surface area contributed by atoms with Gasteiger partial charge in [0.05, 0.1) is 18.2 Å². The van der Waals surface area contributed by atoms with Crippen LogP contribution < -0.4 is 0 Å². The SMILES string of the molecule is Cc1[nH]c(-c2ccc(C(C)C)cc2)nc1CC#N. The second-order valence-corrected chi connectivity index (χ2v) is 4.77. The van der Waals surface area contributed by atoms with E-state index in [-0.39, 0.29) is 0 Å². The molecule has 1 aromatic carbocycles. The Labute approximate surface area is 107 Å². The number of rotatable bonds is 3. The first-order valence-corrected chi connectivity index (χ1v) is 6.14. The topological polar surface area (TPSA) is 52.5 Å². The van der Waals surface area contributed by atoms with Crippen LogP contribution in [-0.4, -0.2) is 9.97 Å². The fourth-order valence-corrected chi connectivity index (χ4v) is 1.91. The zero-order valence-electron chi connectivity index (χ0n) is 11.0. The van der Waals surface area contributed by atoms with Gasteiger partial charge in [-0.2, -0.15) is 5.26 Å². The number of aromatic amines is 1. The fourth-order valence-electron chi connectivity index (χ4n) is 1.91. The van der Waals surface area contributed by atoms with Crippen LogP contribution >= 0.6 is 0 Å². The van der Waals surface area contributed by atoms with E-state index in [1.807, 2.05) is 6.92 Å². The van der Waals surface area contributed by atoms with Crippen LogP contribution in [0.25, 0.3) is 11.4 Å². The summed E-state index contributed by atoms with van der Waals surface area (Å²) < 4.78 is 0. The Balaban J connectivity index is 2.31. The zero-order chi connectivity index (χ0) is 13.1. The van der Waals surface area contributed by atoms with Crippen molar-refractivity contribution in [3.63, 3.8) is 0 Å². The molecule has 0 aliphatic carbocycles. The highest BCUT2D eigenvalue weighted by atomic mass is 14.9. The maximum atomic E-state index is 8.72. The molecule has 0 unspecified atom stereocenters. The van der Waals surface area contributed by atoms with E-state index in [0.717, 1.165) is 22.8 Å². The van der Waals surface area contributed by atoms with E-state index in [9.17, 15) is 0 Å². The van der Waals surface area contributed by atoms with Gasteiger partial charge in [0.1, 0.15) is 5.82 Å². The van der Waals surface area contributed by atoms with Gasteiger partial charge < -0.3 is 4.98 Å². The van der Waals surface area contributed by atoms with Gasteiger partial charge in [0.25, 0.3) is 0 Å². The van der Waals surface area contributed by atoms with Crippen LogP contribution in [0.2, 0.25) is 0 Å². The molecule has 0 radical (unpaired) electrons. The summed E-state index contributed by atoms with van der Waals surface area (Å²) in [4.78, 5) is 7.70. The first kappa shape index (κ1) is 12.4. The molecular formula is C15H17N3. The second-order valence-electron chi connectivity index (χ2n) is 4.77. The summed E-state index contributed by atoms with van der Waals surface area (Å²) in [6.45, 7) is 6.31. The molecule has 0 bridgehead atoms. The maximum Gasteiger partial charge on any atom is 0.137 e. The summed E-state index contributed by atoms with van der Waals surface area (Å²) in [6.07, 6.45) is 0.354. The molecule has 1 aromatic heterocycles. The van der Waals surface area contributed by atoms with E-state index in [0.29, 0.717) is 12.3 Å². The Morgan fingerprint density at radius 1 is 1.28 bits per heavy atom. The number of hydrogen-bond donors (Lipinski definition) is 1. The summed E-state index contributed by atoms with van der Waals surface area (Å²) in [6, 6.07) is 10.5. The number of imidazole rings is 1. The van der Waals surface area contributed by atoms with Gasteiger partial charge in [-0.25, -0.2) is 4.98 Å². The summed E-state index contributed by atoms with van der Waals surface area (Å²) in [5.74, 6) is 1.37. The van der Waals surface area contributed by atoms with Crippen LogP contribution in [0.15, 0.2) is 24.3 Å². The van der Waals surface area contributed by atoms with Gasteiger partial charge in [-0.1, -0.05) is 38.1 Å². The van der Waals surface area contributed by atoms with Crippen molar-refractivity contribution in [3.8, 4) is 17.5 Å². The number of aryl methyl sites for hydroxylation is 1. The predicted octanol–water partition coefficient (Wildman–Crippen LogP) is 3.57. The minimum absolute atomic E-state index is 0.354. The Bertz CT molecular complexity index is 571. The highest BCUT2D eigenvalue weighted by Gasteiger charge is 2.08. The minimum Gasteiger partial charge on any atom is -0.342 e. The molecule has 1 N–H and O–H groups in total. The molecule has 0 amide bonds. The minimum atomic E-state index is 0.354. The number of hydrogen-bond acceptors (Lipinski definition) is 2. The summed E-state index contributed by atoms with van der Waals surface area (Å²) >= 11 is 0. The van der Waals surface area contributed by atoms with Crippen LogP contribution in [-0.2, 0) is 6.42 Å². The van der Waals surface area contributed by atoms with Crippen molar-refractivity contribution >= 4 is 0 Å². The van der Waals surface area contributed by atoms with Gasteiger partial charge in [-0.05, 0) is 18.4 Å². The summed E-state index contributed by atoms with van der Waals surface area (Å²) in [5.41, 5.74) is 4.19. The van der Waals surface area contributed by atoms with Gasteiger partial charge in [0.2, 0.25) is 0 Å². The summed E-state index contributed by atoms with van der Waals surface area (Å²) in [5, 5.41) is 8.72. The average Bonchev–Trinajstić information content (AvgIpc) is 2.72. The van der Waals surface area contributed by atoms with Crippen LogP contribution in [0, 0.1) is 18.3 Å². The first-order chi connectivity index (χ1) is 8.61. The summed E-state index contributed by atoms with van der Waals surface area (Å²) in [7, 11) is 0. The monoisotopic (exact) mass is 239 g/mol. The van der Waals surface area contributed by atoms with Crippen molar-refractivity contribution in [2.24, 2.45) is 0 Å². The van der Waals surface area contributed by atoms with Crippen molar-refractivity contribution in [3.05, 3.63) is 41.2 Å². The molecule has 0 aliphatic heterocycles. The van der Waals surface area contributed by atoms with Gasteiger partial charge in [-0.15, -0.1) is 0 Å². The molecule has 0 atom stereocenters. The third-order valence-electron chi connectivity index (χ3n) is 3.08. The second kappa shape index (κ2) is 5.05. The van der Waals surface area contributed by atoms with Crippen molar-refractivity contribution in [2.45, 2.75) is 33.1 Å². The molecule has 3 heteroatoms. The largest absolute Gasteiger partial charge is 0.342 e. The average molecular weight is 239 g/mol. The molecule has 18 heavy (non-hydrogen) atoms. The number of nitriles is 1. The normalized spacial score (nSPS) is 10.6. The smallest absolute Gasteiger partial charge is 0.137 e. The molecular weight excluding hydrogens is 222 g/mol. The van der Waals surface area contributed by atoms with Crippen molar-refractivity contribution < 1.29 is 0 Å². The molecule has 0 saturated heterocycles. The number of aromatic nitrogens is 2. The molecule has 3 nitrogen and oxygen atoms in total. The van der Waals surface area contributed by atoms with E-state index in [2.05, 4.69) is 54.2 Å². The van der Waals surface area contributed by atoms with E-state index in [4.69, 9.17) is 5.26 Å². The highest BCUT2D eigenvalue weighted by molar-refractivity contribution is 5.56. The Hall–Kier alpha value is -2.08. The molecule has 2 aromatic rings. The lowest BCUT2D eigenvalue weighted by molar-refractivity contribution is 0.867. The van der Waals surface area contributed by atoms with E-state index < -0.39 is 0 Å². The van der Waals surface area contributed by atoms with Crippen LogP contribution in [0.5, 0.6) is 0 Å². The lowest BCUT2D eigenvalue weighted by Gasteiger charge is -2.05.